The van der Waals surface area contributed by atoms with Crippen molar-refractivity contribution in [2.45, 2.75) is 19.4 Å². The van der Waals surface area contributed by atoms with E-state index in [9.17, 15) is 9.18 Å². The number of halogens is 1. The molecule has 1 atom stereocenters. The van der Waals surface area contributed by atoms with Crippen LogP contribution in [0.1, 0.15) is 17.7 Å². The summed E-state index contributed by atoms with van der Waals surface area (Å²) in [6, 6.07) is 7.28. The number of carbonyl (C=O) groups excluding carboxylic acids is 1. The molecule has 178 valence electrons. The van der Waals surface area contributed by atoms with Crippen LogP contribution in [0.3, 0.4) is 0 Å². The number of ether oxygens (including phenoxy) is 2. The fourth-order valence-corrected chi connectivity index (χ4v) is 4.49. The van der Waals surface area contributed by atoms with Crippen LogP contribution in [0.15, 0.2) is 30.5 Å². The number of pyridine rings is 3. The van der Waals surface area contributed by atoms with Gasteiger partial charge in [-0.15, -0.1) is 0 Å². The van der Waals surface area contributed by atoms with Crippen LogP contribution in [-0.2, 0) is 17.8 Å². The van der Waals surface area contributed by atoms with Gasteiger partial charge in [-0.05, 0) is 50.0 Å². The molecule has 1 amide bonds. The molecule has 2 aliphatic heterocycles. The molecule has 0 spiro atoms. The summed E-state index contributed by atoms with van der Waals surface area (Å²) in [6.07, 6.45) is 2.92. The lowest BCUT2D eigenvalue weighted by molar-refractivity contribution is -0.118. The molecule has 5 rings (SSSR count). The van der Waals surface area contributed by atoms with E-state index >= 15 is 0 Å². The highest BCUT2D eigenvalue weighted by atomic mass is 19.1. The van der Waals surface area contributed by atoms with E-state index in [1.807, 2.05) is 12.1 Å². The summed E-state index contributed by atoms with van der Waals surface area (Å²) >= 11 is 0. The average Bonchev–Trinajstić information content (AvgIpc) is 3.30. The van der Waals surface area contributed by atoms with Crippen molar-refractivity contribution in [2.24, 2.45) is 5.92 Å². The number of nitrogens with one attached hydrogen (secondary N) is 2. The lowest BCUT2D eigenvalue weighted by atomic mass is 10.1. The molecule has 5 heterocycles. The van der Waals surface area contributed by atoms with Crippen molar-refractivity contribution in [3.8, 4) is 11.6 Å². The number of rotatable bonds is 8. The predicted molar refractivity (Wildman–Crippen MR) is 124 cm³/mol. The number of anilines is 1. The molecule has 1 saturated heterocycles. The molecular weight excluding hydrogens is 439 g/mol. The Morgan fingerprint density at radius 2 is 2.21 bits per heavy atom. The Hall–Kier alpha value is -3.37. The normalized spacial score (nSPS) is 17.9. The van der Waals surface area contributed by atoms with E-state index in [1.165, 1.54) is 6.20 Å². The topological polar surface area (TPSA) is 102 Å². The lowest BCUT2D eigenvalue weighted by Crippen LogP contribution is -2.28. The van der Waals surface area contributed by atoms with Crippen LogP contribution < -0.4 is 20.1 Å². The summed E-state index contributed by atoms with van der Waals surface area (Å²) in [5.74, 6) is 1.53. The van der Waals surface area contributed by atoms with E-state index in [0.29, 0.717) is 52.9 Å². The Balaban J connectivity index is 1.12. The van der Waals surface area contributed by atoms with Gasteiger partial charge in [0.05, 0.1) is 30.0 Å². The third-order valence-corrected chi connectivity index (χ3v) is 6.27. The zero-order valence-electron chi connectivity index (χ0n) is 19.0. The van der Waals surface area contributed by atoms with Gasteiger partial charge >= 0.3 is 0 Å². The van der Waals surface area contributed by atoms with Crippen LogP contribution in [0, 0.1) is 11.7 Å². The molecular formula is C24H27FN6O3. The highest BCUT2D eigenvalue weighted by Crippen LogP contribution is 2.26. The molecule has 3 aromatic rings. The fraction of sp³-hybridized carbons (Fsp3) is 0.417. The maximum atomic E-state index is 14.6. The molecule has 1 fully saturated rings. The van der Waals surface area contributed by atoms with Crippen LogP contribution in [0.25, 0.3) is 11.0 Å². The summed E-state index contributed by atoms with van der Waals surface area (Å²) in [5, 5.41) is 6.20. The number of hydrogen-bond donors (Lipinski definition) is 2. The molecule has 1 unspecified atom stereocenters. The van der Waals surface area contributed by atoms with Gasteiger partial charge in [-0.2, -0.15) is 0 Å². The van der Waals surface area contributed by atoms with Crippen molar-refractivity contribution < 1.29 is 18.7 Å². The number of fused-ring (bicyclic) bond motifs is 2. The molecule has 2 aliphatic rings. The van der Waals surface area contributed by atoms with Gasteiger partial charge in [0.15, 0.2) is 18.2 Å². The molecule has 2 N–H and O–H groups in total. The van der Waals surface area contributed by atoms with E-state index < -0.39 is 0 Å². The highest BCUT2D eigenvalue weighted by Gasteiger charge is 2.23. The molecule has 9 nitrogen and oxygen atoms in total. The van der Waals surface area contributed by atoms with E-state index in [4.69, 9.17) is 9.47 Å². The quantitative estimate of drug-likeness (QED) is 0.521. The Kier molecular flexibility index (Phi) is 6.50. The van der Waals surface area contributed by atoms with E-state index in [-0.39, 0.29) is 18.3 Å². The molecule has 3 aromatic heterocycles. The van der Waals surface area contributed by atoms with Gasteiger partial charge in [0, 0.05) is 31.3 Å². The van der Waals surface area contributed by atoms with Crippen LogP contribution in [0.2, 0.25) is 0 Å². The van der Waals surface area contributed by atoms with Crippen molar-refractivity contribution in [2.75, 3.05) is 45.2 Å². The number of likely N-dealkylation sites (tertiary alicyclic amines) is 1. The minimum atomic E-state index is -0.329. The van der Waals surface area contributed by atoms with Gasteiger partial charge in [0.25, 0.3) is 5.91 Å². The Labute approximate surface area is 196 Å². The van der Waals surface area contributed by atoms with Gasteiger partial charge < -0.3 is 25.0 Å². The minimum absolute atomic E-state index is 0.0270. The molecule has 10 heteroatoms. The van der Waals surface area contributed by atoms with Crippen molar-refractivity contribution in [3.63, 3.8) is 0 Å². The number of methoxy groups -OCH3 is 1. The minimum Gasteiger partial charge on any atom is -0.481 e. The largest absolute Gasteiger partial charge is 0.481 e. The number of amides is 1. The monoisotopic (exact) mass is 466 g/mol. The average molecular weight is 467 g/mol. The summed E-state index contributed by atoms with van der Waals surface area (Å²) in [6.45, 7) is 4.20. The standard InChI is InChI=1S/C24H27FN6O3/c1-33-22-5-3-19-23(30-22)17(18(25)12-27-19)7-9-31-8-6-15(13-31)10-26-11-16-2-4-20-24(28-16)29-21(32)14-34-20/h2-5,12,15,26H,6-11,13-14H2,1H3,(H,28,29,32). The second-order valence-electron chi connectivity index (χ2n) is 8.63. The number of hydrogen-bond acceptors (Lipinski definition) is 8. The first-order valence-electron chi connectivity index (χ1n) is 11.4. The first-order chi connectivity index (χ1) is 16.6. The SMILES string of the molecule is COc1ccc2ncc(F)c(CCN3CCC(CNCc4ccc5c(n4)NC(=O)CO5)C3)c2n1. The zero-order chi connectivity index (χ0) is 23.5. The van der Waals surface area contributed by atoms with Crippen LogP contribution in [-0.4, -0.2) is 65.7 Å². The summed E-state index contributed by atoms with van der Waals surface area (Å²) in [5.41, 5.74) is 2.67. The Morgan fingerprint density at radius 1 is 1.29 bits per heavy atom. The third kappa shape index (κ3) is 4.92. The zero-order valence-corrected chi connectivity index (χ0v) is 19.0. The van der Waals surface area contributed by atoms with Crippen molar-refractivity contribution in [3.05, 3.63) is 47.5 Å². The van der Waals surface area contributed by atoms with Crippen molar-refractivity contribution >= 4 is 22.8 Å². The number of carbonyl (C=O) groups is 1. The summed E-state index contributed by atoms with van der Waals surface area (Å²) in [4.78, 5) is 26.9. The van der Waals surface area contributed by atoms with E-state index in [1.54, 1.807) is 19.2 Å². The van der Waals surface area contributed by atoms with Gasteiger partial charge in [-0.3, -0.25) is 9.78 Å². The van der Waals surface area contributed by atoms with E-state index in [0.717, 1.165) is 38.3 Å². The van der Waals surface area contributed by atoms with E-state index in [2.05, 4.69) is 30.5 Å². The predicted octanol–water partition coefficient (Wildman–Crippen LogP) is 2.16. The Bertz CT molecular complexity index is 1210. The highest BCUT2D eigenvalue weighted by molar-refractivity contribution is 5.94. The van der Waals surface area contributed by atoms with Gasteiger partial charge in [0.2, 0.25) is 5.88 Å². The maximum Gasteiger partial charge on any atom is 0.263 e. The van der Waals surface area contributed by atoms with Crippen molar-refractivity contribution in [1.82, 2.24) is 25.2 Å². The lowest BCUT2D eigenvalue weighted by Gasteiger charge is -2.18. The molecule has 0 radical (unpaired) electrons. The second kappa shape index (κ2) is 9.86. The maximum absolute atomic E-state index is 14.6. The molecule has 34 heavy (non-hydrogen) atoms. The third-order valence-electron chi connectivity index (χ3n) is 6.27. The van der Waals surface area contributed by atoms with Crippen LogP contribution >= 0.6 is 0 Å². The van der Waals surface area contributed by atoms with Crippen LogP contribution in [0.5, 0.6) is 11.6 Å². The van der Waals surface area contributed by atoms with Gasteiger partial charge in [-0.25, -0.2) is 14.4 Å². The molecule has 0 saturated carbocycles. The van der Waals surface area contributed by atoms with Gasteiger partial charge in [0.1, 0.15) is 5.82 Å². The molecule has 0 bridgehead atoms. The molecule has 0 aliphatic carbocycles. The summed E-state index contributed by atoms with van der Waals surface area (Å²) in [7, 11) is 1.55. The molecule has 0 aromatic carbocycles. The van der Waals surface area contributed by atoms with Crippen molar-refractivity contribution in [1.29, 1.82) is 0 Å². The fourth-order valence-electron chi connectivity index (χ4n) is 4.49. The smallest absolute Gasteiger partial charge is 0.263 e. The van der Waals surface area contributed by atoms with Crippen LogP contribution in [0.4, 0.5) is 10.2 Å². The second-order valence-corrected chi connectivity index (χ2v) is 8.63. The first-order valence-corrected chi connectivity index (χ1v) is 11.4. The van der Waals surface area contributed by atoms with Gasteiger partial charge in [-0.1, -0.05) is 0 Å². The number of nitrogens with zero attached hydrogens (tertiary/aromatic N) is 4. The Morgan fingerprint density at radius 3 is 3.09 bits per heavy atom. The first kappa shape index (κ1) is 22.4. The summed E-state index contributed by atoms with van der Waals surface area (Å²) < 4.78 is 25.1. The number of aromatic nitrogens is 3.